The molecule has 0 atom stereocenters. The van der Waals surface area contributed by atoms with Crippen molar-refractivity contribution in [2.24, 2.45) is 4.99 Å². The van der Waals surface area contributed by atoms with Gasteiger partial charge in [-0.2, -0.15) is 4.99 Å². The summed E-state index contributed by atoms with van der Waals surface area (Å²) in [6.07, 6.45) is 0. The molecular weight excluding hydrogens is 550 g/mol. The Labute approximate surface area is 229 Å². The molecule has 0 radical (unpaired) electrons. The highest BCUT2D eigenvalue weighted by molar-refractivity contribution is 7.92. The number of carbonyl (C=O) groups is 1. The van der Waals surface area contributed by atoms with Gasteiger partial charge in [0.1, 0.15) is 0 Å². The minimum Gasteiger partial charge on any atom is -0.493 e. The number of ether oxygens (including phenoxy) is 3. The molecule has 0 saturated carbocycles. The molecule has 0 aliphatic heterocycles. The molecule has 1 amide bonds. The molecule has 3 aromatic carbocycles. The number of hydrogen-bond acceptors (Lipinski definition) is 7. The molecule has 0 spiro atoms. The maximum absolute atomic E-state index is 13.2. The van der Waals surface area contributed by atoms with Crippen LogP contribution in [0, 0.1) is 0 Å². The molecular formula is C26H26ClN3O6S2. The van der Waals surface area contributed by atoms with E-state index in [2.05, 4.69) is 9.71 Å². The second kappa shape index (κ2) is 12.0. The number of halogens is 1. The Morgan fingerprint density at radius 2 is 1.76 bits per heavy atom. The number of rotatable bonds is 10. The van der Waals surface area contributed by atoms with E-state index in [1.165, 1.54) is 41.7 Å². The summed E-state index contributed by atoms with van der Waals surface area (Å²) in [5, 5.41) is 0.426. The van der Waals surface area contributed by atoms with Gasteiger partial charge in [0.25, 0.3) is 15.9 Å². The van der Waals surface area contributed by atoms with Crippen molar-refractivity contribution in [3.8, 4) is 11.5 Å². The fraction of sp³-hybridized carbons (Fsp3) is 0.231. The van der Waals surface area contributed by atoms with Crippen molar-refractivity contribution in [2.75, 3.05) is 32.2 Å². The summed E-state index contributed by atoms with van der Waals surface area (Å²) < 4.78 is 47.2. The number of hydrogen-bond donors (Lipinski definition) is 1. The lowest BCUT2D eigenvalue weighted by Gasteiger charge is -2.10. The van der Waals surface area contributed by atoms with E-state index in [1.54, 1.807) is 32.4 Å². The first-order valence-electron chi connectivity index (χ1n) is 11.6. The third-order valence-electron chi connectivity index (χ3n) is 5.53. The molecule has 1 N–H and O–H groups in total. The molecule has 0 fully saturated rings. The fourth-order valence-electron chi connectivity index (χ4n) is 3.69. The maximum atomic E-state index is 13.2. The number of carbonyl (C=O) groups excluding carboxylic acids is 1. The highest BCUT2D eigenvalue weighted by atomic mass is 35.5. The molecule has 9 nitrogen and oxygen atoms in total. The third kappa shape index (κ3) is 6.18. The number of fused-ring (bicyclic) bond motifs is 1. The van der Waals surface area contributed by atoms with Crippen LogP contribution in [0.25, 0.3) is 10.2 Å². The first-order chi connectivity index (χ1) is 18.2. The van der Waals surface area contributed by atoms with Gasteiger partial charge in [-0.25, -0.2) is 8.42 Å². The van der Waals surface area contributed by atoms with Crippen molar-refractivity contribution in [3.63, 3.8) is 0 Å². The summed E-state index contributed by atoms with van der Waals surface area (Å²) >= 11 is 7.19. The lowest BCUT2D eigenvalue weighted by atomic mass is 10.2. The van der Waals surface area contributed by atoms with Crippen LogP contribution in [0.4, 0.5) is 5.69 Å². The highest BCUT2D eigenvalue weighted by Crippen LogP contribution is 2.33. The zero-order chi connectivity index (χ0) is 27.3. The summed E-state index contributed by atoms with van der Waals surface area (Å²) in [5.41, 5.74) is 1.28. The molecule has 1 aromatic heterocycles. The summed E-state index contributed by atoms with van der Waals surface area (Å²) in [4.78, 5) is 18.1. The van der Waals surface area contributed by atoms with E-state index in [9.17, 15) is 13.2 Å². The van der Waals surface area contributed by atoms with Gasteiger partial charge in [0.2, 0.25) is 0 Å². The second-order valence-corrected chi connectivity index (χ2v) is 11.1. The molecule has 0 saturated heterocycles. The van der Waals surface area contributed by atoms with E-state index in [-0.39, 0.29) is 16.1 Å². The van der Waals surface area contributed by atoms with Crippen molar-refractivity contribution in [2.45, 2.75) is 18.4 Å². The SMILES string of the molecule is CCOCCn1c(=NC(=O)c2cccc(NS(=O)(=O)c3ccc(Cl)cc3)c2)sc2cc(OC)c(OC)cc21. The van der Waals surface area contributed by atoms with Crippen molar-refractivity contribution in [1.29, 1.82) is 0 Å². The number of nitrogens with zero attached hydrogens (tertiary/aromatic N) is 2. The van der Waals surface area contributed by atoms with E-state index < -0.39 is 15.9 Å². The Morgan fingerprint density at radius 3 is 2.45 bits per heavy atom. The van der Waals surface area contributed by atoms with E-state index >= 15 is 0 Å². The minimum atomic E-state index is -3.87. The largest absolute Gasteiger partial charge is 0.493 e. The monoisotopic (exact) mass is 575 g/mol. The smallest absolute Gasteiger partial charge is 0.279 e. The number of amides is 1. The Kier molecular flexibility index (Phi) is 8.72. The van der Waals surface area contributed by atoms with Crippen LogP contribution >= 0.6 is 22.9 Å². The Bertz CT molecular complexity index is 1630. The number of methoxy groups -OCH3 is 2. The number of aromatic nitrogens is 1. The van der Waals surface area contributed by atoms with Gasteiger partial charge in [0, 0.05) is 41.6 Å². The predicted octanol–water partition coefficient (Wildman–Crippen LogP) is 4.95. The number of sulfonamides is 1. The first-order valence-corrected chi connectivity index (χ1v) is 14.2. The van der Waals surface area contributed by atoms with Crippen LogP contribution < -0.4 is 19.0 Å². The van der Waals surface area contributed by atoms with E-state index in [4.69, 9.17) is 25.8 Å². The number of anilines is 1. The summed E-state index contributed by atoms with van der Waals surface area (Å²) in [7, 11) is -0.754. The van der Waals surface area contributed by atoms with E-state index in [0.717, 1.165) is 10.2 Å². The summed E-state index contributed by atoms with van der Waals surface area (Å²) in [6, 6.07) is 15.6. The van der Waals surface area contributed by atoms with Gasteiger partial charge in [-0.05, 0) is 49.4 Å². The molecule has 0 bridgehead atoms. The summed E-state index contributed by atoms with van der Waals surface area (Å²) in [5.74, 6) is 0.603. The molecule has 0 aliphatic rings. The van der Waals surface area contributed by atoms with Gasteiger partial charge in [-0.15, -0.1) is 0 Å². The number of benzene rings is 3. The van der Waals surface area contributed by atoms with Crippen LogP contribution in [0.5, 0.6) is 11.5 Å². The molecule has 0 aliphatic carbocycles. The van der Waals surface area contributed by atoms with Crippen LogP contribution in [0.2, 0.25) is 5.02 Å². The molecule has 200 valence electrons. The molecule has 12 heteroatoms. The average Bonchev–Trinajstić information content (AvgIpc) is 3.23. The molecule has 1 heterocycles. The highest BCUT2D eigenvalue weighted by Gasteiger charge is 2.17. The molecule has 0 unspecified atom stereocenters. The van der Waals surface area contributed by atoms with Crippen molar-refractivity contribution in [1.82, 2.24) is 4.57 Å². The fourth-order valence-corrected chi connectivity index (χ4v) is 5.93. The topological polar surface area (TPSA) is 108 Å². The van der Waals surface area contributed by atoms with Crippen LogP contribution in [0.1, 0.15) is 17.3 Å². The van der Waals surface area contributed by atoms with E-state index in [1.807, 2.05) is 23.6 Å². The normalized spacial score (nSPS) is 12.1. The minimum absolute atomic E-state index is 0.0507. The van der Waals surface area contributed by atoms with Gasteiger partial charge in [0.05, 0.1) is 35.9 Å². The zero-order valence-electron chi connectivity index (χ0n) is 20.9. The number of thiazole rings is 1. The van der Waals surface area contributed by atoms with Crippen LogP contribution in [0.15, 0.2) is 70.6 Å². The van der Waals surface area contributed by atoms with E-state index in [0.29, 0.717) is 41.1 Å². The number of nitrogens with one attached hydrogen (secondary N) is 1. The lowest BCUT2D eigenvalue weighted by Crippen LogP contribution is -2.20. The molecule has 4 aromatic rings. The Hall–Kier alpha value is -3.38. The standard InChI is InChI=1S/C26H26ClN3O6S2/c1-4-36-13-12-30-21-15-22(34-2)23(35-3)16-24(21)37-26(30)28-25(31)17-6-5-7-19(14-17)29-38(32,33)20-10-8-18(27)9-11-20/h5-11,14-16,29H,4,12-13H2,1-3H3. The molecule has 4 rings (SSSR count). The summed E-state index contributed by atoms with van der Waals surface area (Å²) in [6.45, 7) is 3.37. The van der Waals surface area contributed by atoms with Crippen LogP contribution in [-0.2, 0) is 21.3 Å². The van der Waals surface area contributed by atoms with Gasteiger partial charge >= 0.3 is 0 Å². The average molecular weight is 576 g/mol. The third-order valence-corrected chi connectivity index (χ3v) is 8.22. The lowest BCUT2D eigenvalue weighted by molar-refractivity contribution is 0.0996. The van der Waals surface area contributed by atoms with Crippen molar-refractivity contribution in [3.05, 3.63) is 76.1 Å². The quantitative estimate of drug-likeness (QED) is 0.268. The predicted molar refractivity (Wildman–Crippen MR) is 148 cm³/mol. The van der Waals surface area contributed by atoms with Crippen LogP contribution in [0.3, 0.4) is 0 Å². The zero-order valence-corrected chi connectivity index (χ0v) is 23.3. The first kappa shape index (κ1) is 27.6. The van der Waals surface area contributed by atoms with Crippen molar-refractivity contribution >= 4 is 54.8 Å². The maximum Gasteiger partial charge on any atom is 0.279 e. The Balaban J connectivity index is 1.70. The Morgan fingerprint density at radius 1 is 1.05 bits per heavy atom. The molecule has 38 heavy (non-hydrogen) atoms. The second-order valence-electron chi connectivity index (χ2n) is 7.97. The van der Waals surface area contributed by atoms with Gasteiger partial charge in [0.15, 0.2) is 16.3 Å². The van der Waals surface area contributed by atoms with Gasteiger partial charge in [-0.1, -0.05) is 29.0 Å². The van der Waals surface area contributed by atoms with Gasteiger partial charge < -0.3 is 18.8 Å². The van der Waals surface area contributed by atoms with Crippen LogP contribution in [-0.4, -0.2) is 46.3 Å². The van der Waals surface area contributed by atoms with Crippen molar-refractivity contribution < 1.29 is 27.4 Å². The van der Waals surface area contributed by atoms with Gasteiger partial charge in [-0.3, -0.25) is 9.52 Å².